The molecule has 0 spiro atoms. The van der Waals surface area contributed by atoms with Crippen molar-refractivity contribution in [2.45, 2.75) is 45.1 Å². The van der Waals surface area contributed by atoms with Crippen molar-refractivity contribution in [3.05, 3.63) is 23.3 Å². The van der Waals surface area contributed by atoms with Crippen molar-refractivity contribution < 1.29 is 28.5 Å². The van der Waals surface area contributed by atoms with Gasteiger partial charge in [-0.05, 0) is 30.9 Å². The van der Waals surface area contributed by atoms with Crippen LogP contribution in [0, 0.1) is 5.41 Å². The lowest BCUT2D eigenvalue weighted by Crippen LogP contribution is -2.37. The Morgan fingerprint density at radius 3 is 2.60 bits per heavy atom. The number of hydrogen-bond donors (Lipinski definition) is 0. The summed E-state index contributed by atoms with van der Waals surface area (Å²) in [4.78, 5) is 24.7. The Bertz CT molecular complexity index is 693. The zero-order valence-corrected chi connectivity index (χ0v) is 15.1. The summed E-state index contributed by atoms with van der Waals surface area (Å²) in [5.74, 6) is 0.0495. The highest BCUT2D eigenvalue weighted by molar-refractivity contribution is 5.85. The Labute approximate surface area is 147 Å². The molecule has 2 aliphatic rings. The molecule has 1 saturated heterocycles. The highest BCUT2D eigenvalue weighted by Gasteiger charge is 2.47. The Morgan fingerprint density at radius 1 is 1.24 bits per heavy atom. The fourth-order valence-electron chi connectivity index (χ4n) is 3.61. The van der Waals surface area contributed by atoms with E-state index in [2.05, 4.69) is 0 Å². The smallest absolute Gasteiger partial charge is 0.348 e. The molecule has 1 aromatic carbocycles. The average Bonchev–Trinajstić information content (AvgIpc) is 2.86. The van der Waals surface area contributed by atoms with Crippen molar-refractivity contribution in [2.24, 2.45) is 5.41 Å². The van der Waals surface area contributed by atoms with Gasteiger partial charge < -0.3 is 18.9 Å². The van der Waals surface area contributed by atoms with Crippen LogP contribution >= 0.6 is 0 Å². The summed E-state index contributed by atoms with van der Waals surface area (Å²) >= 11 is 0. The van der Waals surface area contributed by atoms with Crippen LogP contribution in [0.5, 0.6) is 11.5 Å². The van der Waals surface area contributed by atoms with E-state index in [4.69, 9.17) is 18.9 Å². The van der Waals surface area contributed by atoms with E-state index in [1.165, 1.54) is 0 Å². The van der Waals surface area contributed by atoms with Crippen LogP contribution in [-0.4, -0.2) is 38.9 Å². The maximum Gasteiger partial charge on any atom is 0.348 e. The van der Waals surface area contributed by atoms with Gasteiger partial charge in [0.2, 0.25) is 6.10 Å². The molecule has 2 atom stereocenters. The summed E-state index contributed by atoms with van der Waals surface area (Å²) in [5.41, 5.74) is 1.35. The maximum absolute atomic E-state index is 12.8. The van der Waals surface area contributed by atoms with Crippen molar-refractivity contribution in [1.29, 1.82) is 0 Å². The van der Waals surface area contributed by atoms with Crippen LogP contribution in [0.3, 0.4) is 0 Å². The summed E-state index contributed by atoms with van der Waals surface area (Å²) in [6.07, 6.45) is 1.49. The summed E-state index contributed by atoms with van der Waals surface area (Å²) in [6.45, 7) is 3.98. The predicted molar refractivity (Wildman–Crippen MR) is 89.8 cm³/mol. The normalized spacial score (nSPS) is 24.2. The van der Waals surface area contributed by atoms with Crippen LogP contribution in [0.25, 0.3) is 0 Å². The van der Waals surface area contributed by atoms with Crippen LogP contribution in [0.1, 0.15) is 43.7 Å². The Kier molecular flexibility index (Phi) is 4.62. The van der Waals surface area contributed by atoms with E-state index < -0.39 is 23.4 Å². The van der Waals surface area contributed by atoms with E-state index in [-0.39, 0.29) is 12.6 Å². The van der Waals surface area contributed by atoms with Crippen LogP contribution in [0.15, 0.2) is 12.1 Å². The van der Waals surface area contributed by atoms with Gasteiger partial charge in [0.1, 0.15) is 6.61 Å². The number of fused-ring (bicyclic) bond motifs is 1. The summed E-state index contributed by atoms with van der Waals surface area (Å²) in [5, 5.41) is 0. The van der Waals surface area contributed by atoms with Crippen molar-refractivity contribution in [3.8, 4) is 11.5 Å². The minimum atomic E-state index is -0.856. The average molecular weight is 348 g/mol. The largest absolute Gasteiger partial charge is 0.493 e. The molecule has 3 rings (SSSR count). The van der Waals surface area contributed by atoms with Crippen molar-refractivity contribution in [1.82, 2.24) is 0 Å². The molecule has 1 fully saturated rings. The molecule has 6 heteroatoms. The van der Waals surface area contributed by atoms with Gasteiger partial charge in [0.15, 0.2) is 11.5 Å². The Balaban J connectivity index is 1.88. The lowest BCUT2D eigenvalue weighted by atomic mass is 9.82. The fourth-order valence-corrected chi connectivity index (χ4v) is 3.61. The van der Waals surface area contributed by atoms with Crippen molar-refractivity contribution >= 4 is 11.9 Å². The molecule has 0 amide bonds. The van der Waals surface area contributed by atoms with Crippen LogP contribution in [-0.2, 0) is 25.5 Å². The van der Waals surface area contributed by atoms with Gasteiger partial charge in [-0.3, -0.25) is 4.79 Å². The number of benzene rings is 1. The van der Waals surface area contributed by atoms with Crippen LogP contribution < -0.4 is 9.47 Å². The lowest BCUT2D eigenvalue weighted by molar-refractivity contribution is -0.164. The molecule has 25 heavy (non-hydrogen) atoms. The van der Waals surface area contributed by atoms with E-state index in [9.17, 15) is 9.59 Å². The zero-order valence-electron chi connectivity index (χ0n) is 15.1. The van der Waals surface area contributed by atoms with Gasteiger partial charge in [0.25, 0.3) is 0 Å². The minimum Gasteiger partial charge on any atom is -0.493 e. The van der Waals surface area contributed by atoms with Crippen LogP contribution in [0.2, 0.25) is 0 Å². The topological polar surface area (TPSA) is 71.1 Å². The number of methoxy groups -OCH3 is 2. The van der Waals surface area contributed by atoms with Gasteiger partial charge in [0.05, 0.1) is 20.1 Å². The number of carbonyl (C=O) groups is 2. The summed E-state index contributed by atoms with van der Waals surface area (Å²) in [7, 11) is 3.18. The minimum absolute atomic E-state index is 0.260. The molecular formula is C19H24O6. The molecule has 0 N–H and O–H groups in total. The number of esters is 2. The fraction of sp³-hybridized carbons (Fsp3) is 0.579. The first-order chi connectivity index (χ1) is 11.9. The summed E-state index contributed by atoms with van der Waals surface area (Å²) < 4.78 is 21.5. The van der Waals surface area contributed by atoms with Crippen molar-refractivity contribution in [2.75, 3.05) is 20.8 Å². The molecule has 0 saturated carbocycles. The van der Waals surface area contributed by atoms with E-state index in [0.717, 1.165) is 24.0 Å². The monoisotopic (exact) mass is 348 g/mol. The van der Waals surface area contributed by atoms with E-state index in [1.54, 1.807) is 20.3 Å². The van der Waals surface area contributed by atoms with E-state index in [0.29, 0.717) is 17.9 Å². The van der Waals surface area contributed by atoms with E-state index in [1.807, 2.05) is 19.9 Å². The maximum atomic E-state index is 12.8. The number of carbonyl (C=O) groups excluding carboxylic acids is 2. The van der Waals surface area contributed by atoms with Gasteiger partial charge in [-0.1, -0.05) is 19.9 Å². The zero-order chi connectivity index (χ0) is 18.2. The molecule has 0 aromatic heterocycles. The molecule has 1 heterocycles. The molecule has 1 aromatic rings. The molecule has 6 nitrogen and oxygen atoms in total. The Hall–Kier alpha value is -2.24. The lowest BCUT2D eigenvalue weighted by Gasteiger charge is -2.29. The number of rotatable bonds is 4. The molecular weight excluding hydrogens is 324 g/mol. The quantitative estimate of drug-likeness (QED) is 0.779. The molecule has 0 unspecified atom stereocenters. The second-order valence-electron chi connectivity index (χ2n) is 7.23. The number of cyclic esters (lactones) is 1. The molecule has 136 valence electrons. The molecule has 1 aliphatic carbocycles. The molecule has 1 aliphatic heterocycles. The van der Waals surface area contributed by atoms with Gasteiger partial charge in [-0.2, -0.15) is 0 Å². The second kappa shape index (κ2) is 6.58. The molecule has 0 bridgehead atoms. The number of hydrogen-bond acceptors (Lipinski definition) is 6. The highest BCUT2D eigenvalue weighted by atomic mass is 16.6. The first-order valence-electron chi connectivity index (χ1n) is 8.50. The third-order valence-electron chi connectivity index (χ3n) is 5.01. The van der Waals surface area contributed by atoms with Crippen molar-refractivity contribution in [3.63, 3.8) is 0 Å². The standard InChI is InChI=1S/C19H24O6/c1-19(2)10-24-18(21)16(19)25-17(20)13-7-5-6-12-11(13)8-9-14(22-3)15(12)23-4/h8-9,13,16H,5-7,10H2,1-4H3/t13-,16+/m1/s1. The van der Waals surface area contributed by atoms with Gasteiger partial charge in [0, 0.05) is 11.0 Å². The summed E-state index contributed by atoms with van der Waals surface area (Å²) in [6, 6.07) is 3.69. The van der Waals surface area contributed by atoms with E-state index >= 15 is 0 Å². The third-order valence-corrected chi connectivity index (χ3v) is 5.01. The Morgan fingerprint density at radius 2 is 2.00 bits per heavy atom. The first-order valence-corrected chi connectivity index (χ1v) is 8.50. The third kappa shape index (κ3) is 3.05. The highest BCUT2D eigenvalue weighted by Crippen LogP contribution is 2.43. The predicted octanol–water partition coefficient (Wildman–Crippen LogP) is 2.62. The van der Waals surface area contributed by atoms with Gasteiger partial charge in [-0.15, -0.1) is 0 Å². The van der Waals surface area contributed by atoms with Gasteiger partial charge in [-0.25, -0.2) is 4.79 Å². The first kappa shape index (κ1) is 17.6. The van der Waals surface area contributed by atoms with Gasteiger partial charge >= 0.3 is 11.9 Å². The number of ether oxygens (including phenoxy) is 4. The molecule has 0 radical (unpaired) electrons. The second-order valence-corrected chi connectivity index (χ2v) is 7.23. The SMILES string of the molecule is COc1ccc2c(c1OC)CCC[C@H]2C(=O)O[C@H]1C(=O)OCC1(C)C. The van der Waals surface area contributed by atoms with Crippen LogP contribution in [0.4, 0.5) is 0 Å².